The largest absolute Gasteiger partial charge is 0.493 e. The van der Waals surface area contributed by atoms with E-state index < -0.39 is 5.97 Å². The zero-order valence-corrected chi connectivity index (χ0v) is 21.9. The van der Waals surface area contributed by atoms with E-state index in [0.29, 0.717) is 13.0 Å². The fourth-order valence-electron chi connectivity index (χ4n) is 4.60. The number of hydrogen-bond donors (Lipinski definition) is 1. The van der Waals surface area contributed by atoms with Crippen molar-refractivity contribution in [1.82, 2.24) is 9.78 Å². The highest BCUT2D eigenvalue weighted by Crippen LogP contribution is 2.33. The fraction of sp³-hybridized carbons (Fsp3) is 0.355. The van der Waals surface area contributed by atoms with Gasteiger partial charge in [-0.3, -0.25) is 9.48 Å². The molecule has 37 heavy (non-hydrogen) atoms. The number of ether oxygens (including phenoxy) is 2. The smallest absolute Gasteiger partial charge is 0.304 e. The molecule has 194 valence electrons. The van der Waals surface area contributed by atoms with E-state index in [2.05, 4.69) is 67.5 Å². The molecule has 1 heterocycles. The molecule has 0 amide bonds. The number of benzene rings is 2. The first-order valence-electron chi connectivity index (χ1n) is 13.0. The number of unbranched alkanes of at least 4 members (excludes halogenated alkanes) is 1. The van der Waals surface area contributed by atoms with Gasteiger partial charge in [0.1, 0.15) is 5.75 Å². The van der Waals surface area contributed by atoms with Crippen LogP contribution in [0.3, 0.4) is 0 Å². The van der Waals surface area contributed by atoms with E-state index in [1.54, 1.807) is 10.9 Å². The summed E-state index contributed by atoms with van der Waals surface area (Å²) in [5.41, 5.74) is 6.43. The maximum Gasteiger partial charge on any atom is 0.304 e. The van der Waals surface area contributed by atoms with E-state index in [-0.39, 0.29) is 18.4 Å². The summed E-state index contributed by atoms with van der Waals surface area (Å²) in [5.74, 6) is -0.134. The number of rotatable bonds is 12. The van der Waals surface area contributed by atoms with E-state index >= 15 is 0 Å². The third-order valence-electron chi connectivity index (χ3n) is 6.71. The number of carboxylic acids is 1. The number of nitrogens with zero attached hydrogens (tertiary/aromatic N) is 2. The van der Waals surface area contributed by atoms with Crippen molar-refractivity contribution in [2.45, 2.75) is 58.2 Å². The van der Waals surface area contributed by atoms with Gasteiger partial charge in [-0.15, -0.1) is 0 Å². The lowest BCUT2D eigenvalue weighted by Gasteiger charge is -2.22. The van der Waals surface area contributed by atoms with E-state index in [1.165, 1.54) is 5.56 Å². The van der Waals surface area contributed by atoms with Crippen molar-refractivity contribution < 1.29 is 19.4 Å². The molecule has 1 N–H and O–H groups in total. The molecule has 2 unspecified atom stereocenters. The molecule has 0 radical (unpaired) electrons. The molecule has 1 aromatic heterocycles. The third kappa shape index (κ3) is 6.98. The molecule has 0 fully saturated rings. The Hall–Kier alpha value is -3.64. The van der Waals surface area contributed by atoms with Gasteiger partial charge in [0.15, 0.2) is 0 Å². The summed E-state index contributed by atoms with van der Waals surface area (Å²) < 4.78 is 13.9. The van der Waals surface area contributed by atoms with Crippen LogP contribution in [0.25, 0.3) is 11.1 Å². The van der Waals surface area contributed by atoms with Crippen LogP contribution in [0.5, 0.6) is 5.75 Å². The summed E-state index contributed by atoms with van der Waals surface area (Å²) in [5, 5.41) is 13.6. The Morgan fingerprint density at radius 2 is 2.00 bits per heavy atom. The average Bonchev–Trinajstić information content (AvgIpc) is 3.33. The Kier molecular flexibility index (Phi) is 8.96. The van der Waals surface area contributed by atoms with Gasteiger partial charge >= 0.3 is 5.97 Å². The van der Waals surface area contributed by atoms with E-state index in [4.69, 9.17) is 9.47 Å². The minimum Gasteiger partial charge on any atom is -0.493 e. The van der Waals surface area contributed by atoms with Crippen molar-refractivity contribution in [3.8, 4) is 16.9 Å². The number of carboxylic acid groups (broad SMARTS) is 1. The highest BCUT2D eigenvalue weighted by Gasteiger charge is 2.23. The molecule has 1 aliphatic carbocycles. The van der Waals surface area contributed by atoms with Crippen LogP contribution in [-0.2, 0) is 23.2 Å². The van der Waals surface area contributed by atoms with Gasteiger partial charge in [-0.2, -0.15) is 5.10 Å². The van der Waals surface area contributed by atoms with Gasteiger partial charge in [0, 0.05) is 30.4 Å². The second-order valence-corrected chi connectivity index (χ2v) is 9.58. The molecule has 0 spiro atoms. The number of hydrogen-bond acceptors (Lipinski definition) is 4. The molecule has 0 saturated carbocycles. The van der Waals surface area contributed by atoms with Gasteiger partial charge in [0.05, 0.1) is 25.7 Å². The molecule has 1 aliphatic rings. The van der Waals surface area contributed by atoms with E-state index in [9.17, 15) is 9.90 Å². The minimum absolute atomic E-state index is 0.0277. The van der Waals surface area contributed by atoms with Gasteiger partial charge in [0.25, 0.3) is 0 Å². The predicted octanol–water partition coefficient (Wildman–Crippen LogP) is 6.60. The number of aryl methyl sites for hydroxylation is 2. The van der Waals surface area contributed by atoms with Crippen LogP contribution in [0.2, 0.25) is 0 Å². The molecule has 2 aromatic carbocycles. The monoisotopic (exact) mass is 500 g/mol. The first kappa shape index (κ1) is 26.4. The van der Waals surface area contributed by atoms with Crippen LogP contribution in [0, 0.1) is 6.92 Å². The van der Waals surface area contributed by atoms with Crippen LogP contribution in [0.15, 0.2) is 78.5 Å². The number of carbonyl (C=O) groups is 1. The van der Waals surface area contributed by atoms with Crippen LogP contribution in [0.1, 0.15) is 55.3 Å². The highest BCUT2D eigenvalue weighted by molar-refractivity contribution is 5.71. The quantitative estimate of drug-likeness (QED) is 0.284. The highest BCUT2D eigenvalue weighted by atomic mass is 16.5. The third-order valence-corrected chi connectivity index (χ3v) is 6.71. The minimum atomic E-state index is -0.826. The molecule has 0 aliphatic heterocycles. The fourth-order valence-corrected chi connectivity index (χ4v) is 4.60. The lowest BCUT2D eigenvalue weighted by molar-refractivity contribution is -0.137. The Morgan fingerprint density at radius 1 is 1.19 bits per heavy atom. The predicted molar refractivity (Wildman–Crippen MR) is 146 cm³/mol. The zero-order chi connectivity index (χ0) is 26.2. The van der Waals surface area contributed by atoms with Crippen molar-refractivity contribution in [3.63, 3.8) is 0 Å². The molecular weight excluding hydrogens is 464 g/mol. The van der Waals surface area contributed by atoms with Crippen LogP contribution in [0.4, 0.5) is 0 Å². The Labute approximate surface area is 219 Å². The Bertz CT molecular complexity index is 1260. The van der Waals surface area contributed by atoms with Gasteiger partial charge in [-0.05, 0) is 54.7 Å². The van der Waals surface area contributed by atoms with Crippen LogP contribution in [-0.4, -0.2) is 33.6 Å². The van der Waals surface area contributed by atoms with Gasteiger partial charge < -0.3 is 14.6 Å². The van der Waals surface area contributed by atoms with Crippen molar-refractivity contribution in [2.24, 2.45) is 7.05 Å². The SMILES string of the molecule is CCCCOc1ccc(C)cc1-c1ccc(COC2C=CC(C(CC(=O)O)c3ccnn3C)=CC2)cc1. The van der Waals surface area contributed by atoms with Crippen LogP contribution >= 0.6 is 0 Å². The van der Waals surface area contributed by atoms with E-state index in [0.717, 1.165) is 53.2 Å². The number of allylic oxidation sites excluding steroid dienone is 2. The molecule has 2 atom stereocenters. The summed E-state index contributed by atoms with van der Waals surface area (Å²) in [6, 6.07) is 16.7. The normalized spacial score (nSPS) is 15.9. The number of aliphatic carboxylic acids is 1. The lowest BCUT2D eigenvalue weighted by Crippen LogP contribution is -2.16. The van der Waals surface area contributed by atoms with E-state index in [1.807, 2.05) is 25.3 Å². The number of aromatic nitrogens is 2. The molecule has 4 rings (SSSR count). The molecule has 3 aromatic rings. The zero-order valence-electron chi connectivity index (χ0n) is 21.9. The van der Waals surface area contributed by atoms with Gasteiger partial charge in [-0.1, -0.05) is 67.5 Å². The topological polar surface area (TPSA) is 73.6 Å². The van der Waals surface area contributed by atoms with Gasteiger partial charge in [-0.25, -0.2) is 0 Å². The lowest BCUT2D eigenvalue weighted by atomic mass is 9.88. The standard InChI is InChI=1S/C31H36N2O4/c1-4-5-18-36-30-15-6-22(2)19-28(30)25-9-7-23(8-10-25)21-37-26-13-11-24(12-14-26)27(20-31(34)35)29-16-17-32-33(29)3/h6-13,15-17,19,26-27H,4-5,14,18,20-21H2,1-3H3,(H,34,35). The second-order valence-electron chi connectivity index (χ2n) is 9.58. The summed E-state index contributed by atoms with van der Waals surface area (Å²) in [6.07, 6.45) is 10.7. The summed E-state index contributed by atoms with van der Waals surface area (Å²) >= 11 is 0. The molecule has 6 heteroatoms. The Balaban J connectivity index is 1.36. The van der Waals surface area contributed by atoms with Crippen molar-refractivity contribution >= 4 is 5.97 Å². The summed E-state index contributed by atoms with van der Waals surface area (Å²) in [6.45, 7) is 5.49. The van der Waals surface area contributed by atoms with Crippen molar-refractivity contribution in [1.29, 1.82) is 0 Å². The van der Waals surface area contributed by atoms with Crippen molar-refractivity contribution in [2.75, 3.05) is 6.61 Å². The van der Waals surface area contributed by atoms with Crippen molar-refractivity contribution in [3.05, 3.63) is 95.3 Å². The maximum atomic E-state index is 11.5. The van der Waals surface area contributed by atoms with Crippen LogP contribution < -0.4 is 4.74 Å². The Morgan fingerprint density at radius 3 is 2.65 bits per heavy atom. The molecular formula is C31H36N2O4. The first-order chi connectivity index (χ1) is 17.9. The summed E-state index contributed by atoms with van der Waals surface area (Å²) in [7, 11) is 1.84. The summed E-state index contributed by atoms with van der Waals surface area (Å²) in [4.78, 5) is 11.5. The molecule has 6 nitrogen and oxygen atoms in total. The second kappa shape index (κ2) is 12.5. The molecule has 0 saturated heterocycles. The average molecular weight is 501 g/mol. The maximum absolute atomic E-state index is 11.5. The first-order valence-corrected chi connectivity index (χ1v) is 13.0. The molecule has 0 bridgehead atoms. The van der Waals surface area contributed by atoms with Gasteiger partial charge in [0.2, 0.25) is 0 Å².